The van der Waals surface area contributed by atoms with E-state index in [1.165, 1.54) is 11.0 Å². The van der Waals surface area contributed by atoms with Gasteiger partial charge in [0.05, 0.1) is 12.1 Å². The first-order valence-corrected chi connectivity index (χ1v) is 5.05. The highest BCUT2D eigenvalue weighted by atomic mass is 16.6. The Morgan fingerprint density at radius 2 is 2.35 bits per heavy atom. The Balaban J connectivity index is 2.17. The standard InChI is InChI=1S/C10H9N3O4/c11-5-6-12(7-1-2-7)10(14)8-3-4-9(17-8)13(15)16/h3-4,7H,1-2,6H2. The molecule has 1 heterocycles. The minimum Gasteiger partial charge on any atom is -0.395 e. The number of nitrogens with zero attached hydrogens (tertiary/aromatic N) is 3. The van der Waals surface area contributed by atoms with Crippen LogP contribution in [0, 0.1) is 21.4 Å². The van der Waals surface area contributed by atoms with E-state index in [9.17, 15) is 14.9 Å². The molecular weight excluding hydrogens is 226 g/mol. The third-order valence-electron chi connectivity index (χ3n) is 2.47. The van der Waals surface area contributed by atoms with Gasteiger partial charge in [-0.1, -0.05) is 0 Å². The maximum atomic E-state index is 11.9. The van der Waals surface area contributed by atoms with Crippen molar-refractivity contribution in [3.63, 3.8) is 0 Å². The third-order valence-corrected chi connectivity index (χ3v) is 2.47. The molecule has 0 aliphatic heterocycles. The van der Waals surface area contributed by atoms with E-state index in [0.717, 1.165) is 18.9 Å². The zero-order valence-corrected chi connectivity index (χ0v) is 8.83. The summed E-state index contributed by atoms with van der Waals surface area (Å²) in [6.45, 7) is -0.0298. The number of rotatable bonds is 4. The lowest BCUT2D eigenvalue weighted by Gasteiger charge is -2.16. The number of hydrogen-bond donors (Lipinski definition) is 0. The van der Waals surface area contributed by atoms with Crippen molar-refractivity contribution in [1.82, 2.24) is 4.90 Å². The van der Waals surface area contributed by atoms with Gasteiger partial charge in [0, 0.05) is 6.04 Å². The summed E-state index contributed by atoms with van der Waals surface area (Å²) in [7, 11) is 0. The normalized spacial score (nSPS) is 14.1. The van der Waals surface area contributed by atoms with Gasteiger partial charge < -0.3 is 9.32 Å². The fraction of sp³-hybridized carbons (Fsp3) is 0.400. The minimum absolute atomic E-state index is 0.0298. The van der Waals surface area contributed by atoms with Crippen LogP contribution in [0.4, 0.5) is 5.88 Å². The number of furan rings is 1. The molecular formula is C10H9N3O4. The van der Waals surface area contributed by atoms with Gasteiger partial charge in [0.25, 0.3) is 5.91 Å². The van der Waals surface area contributed by atoms with Crippen LogP contribution in [-0.2, 0) is 0 Å². The Bertz CT molecular complexity index is 498. The Morgan fingerprint density at radius 1 is 1.65 bits per heavy atom. The number of hydrogen-bond acceptors (Lipinski definition) is 5. The average Bonchev–Trinajstić information content (AvgIpc) is 3.00. The highest BCUT2D eigenvalue weighted by molar-refractivity contribution is 5.92. The van der Waals surface area contributed by atoms with Crippen molar-refractivity contribution in [3.05, 3.63) is 28.0 Å². The lowest BCUT2D eigenvalue weighted by atomic mass is 10.3. The molecule has 0 spiro atoms. The molecule has 1 amide bonds. The molecule has 1 aliphatic carbocycles. The average molecular weight is 235 g/mol. The molecule has 0 bridgehead atoms. The minimum atomic E-state index is -0.706. The van der Waals surface area contributed by atoms with Crippen molar-refractivity contribution in [2.45, 2.75) is 18.9 Å². The fourth-order valence-corrected chi connectivity index (χ4v) is 1.51. The maximum absolute atomic E-state index is 11.9. The van der Waals surface area contributed by atoms with Crippen LogP contribution in [-0.4, -0.2) is 28.3 Å². The van der Waals surface area contributed by atoms with Crippen LogP contribution < -0.4 is 0 Å². The van der Waals surface area contributed by atoms with Gasteiger partial charge in [0.2, 0.25) is 0 Å². The summed E-state index contributed by atoms with van der Waals surface area (Å²) < 4.78 is 4.81. The van der Waals surface area contributed by atoms with Gasteiger partial charge in [0.15, 0.2) is 5.76 Å². The molecule has 0 saturated heterocycles. The van der Waals surface area contributed by atoms with Gasteiger partial charge in [-0.15, -0.1) is 0 Å². The molecule has 1 aliphatic rings. The first-order chi connectivity index (χ1) is 8.13. The van der Waals surface area contributed by atoms with Crippen molar-refractivity contribution in [1.29, 1.82) is 5.26 Å². The molecule has 1 fully saturated rings. The predicted molar refractivity (Wildman–Crippen MR) is 55.0 cm³/mol. The monoisotopic (exact) mass is 235 g/mol. The second-order valence-electron chi connectivity index (χ2n) is 3.72. The summed E-state index contributed by atoms with van der Waals surface area (Å²) in [5, 5.41) is 19.0. The summed E-state index contributed by atoms with van der Waals surface area (Å²) in [5.41, 5.74) is 0. The number of amides is 1. The summed E-state index contributed by atoms with van der Waals surface area (Å²) >= 11 is 0. The molecule has 1 saturated carbocycles. The molecule has 0 radical (unpaired) electrons. The fourth-order valence-electron chi connectivity index (χ4n) is 1.51. The van der Waals surface area contributed by atoms with E-state index in [-0.39, 0.29) is 18.3 Å². The van der Waals surface area contributed by atoms with Crippen molar-refractivity contribution in [2.24, 2.45) is 0 Å². The van der Waals surface area contributed by atoms with Gasteiger partial charge in [-0.2, -0.15) is 5.26 Å². The van der Waals surface area contributed by atoms with Crippen LogP contribution in [0.3, 0.4) is 0 Å². The zero-order chi connectivity index (χ0) is 12.4. The van der Waals surface area contributed by atoms with E-state index in [0.29, 0.717) is 0 Å². The lowest BCUT2D eigenvalue weighted by Crippen LogP contribution is -2.33. The van der Waals surface area contributed by atoms with E-state index >= 15 is 0 Å². The Kier molecular flexibility index (Phi) is 2.78. The van der Waals surface area contributed by atoms with Gasteiger partial charge >= 0.3 is 5.88 Å². The Labute approximate surface area is 96.4 Å². The maximum Gasteiger partial charge on any atom is 0.433 e. The Hall–Kier alpha value is -2.36. The van der Waals surface area contributed by atoms with Gasteiger partial charge in [-0.25, -0.2) is 0 Å². The van der Waals surface area contributed by atoms with E-state index in [1.54, 1.807) is 0 Å². The van der Waals surface area contributed by atoms with Gasteiger partial charge in [0.1, 0.15) is 11.5 Å². The van der Waals surface area contributed by atoms with E-state index in [4.69, 9.17) is 9.68 Å². The molecule has 2 rings (SSSR count). The van der Waals surface area contributed by atoms with E-state index < -0.39 is 16.7 Å². The van der Waals surface area contributed by atoms with Crippen molar-refractivity contribution >= 4 is 11.8 Å². The van der Waals surface area contributed by atoms with Crippen molar-refractivity contribution < 1.29 is 14.1 Å². The first-order valence-electron chi connectivity index (χ1n) is 5.05. The number of nitro groups is 1. The predicted octanol–water partition coefficient (Wildman–Crippen LogP) is 1.32. The number of carbonyl (C=O) groups excluding carboxylic acids is 1. The summed E-state index contributed by atoms with van der Waals surface area (Å²) in [5.74, 6) is -1.04. The smallest absolute Gasteiger partial charge is 0.395 e. The molecule has 0 atom stereocenters. The summed E-state index contributed by atoms with van der Waals surface area (Å²) in [6, 6.07) is 4.35. The molecule has 0 unspecified atom stereocenters. The highest BCUT2D eigenvalue weighted by Gasteiger charge is 2.34. The molecule has 7 nitrogen and oxygen atoms in total. The van der Waals surface area contributed by atoms with E-state index in [2.05, 4.69) is 0 Å². The highest BCUT2D eigenvalue weighted by Crippen LogP contribution is 2.28. The van der Waals surface area contributed by atoms with Crippen LogP contribution in [0.1, 0.15) is 23.4 Å². The molecule has 0 aromatic carbocycles. The van der Waals surface area contributed by atoms with E-state index in [1.807, 2.05) is 6.07 Å². The zero-order valence-electron chi connectivity index (χ0n) is 8.83. The molecule has 88 valence electrons. The molecule has 17 heavy (non-hydrogen) atoms. The second-order valence-corrected chi connectivity index (χ2v) is 3.72. The largest absolute Gasteiger partial charge is 0.433 e. The first kappa shape index (κ1) is 11.1. The van der Waals surface area contributed by atoms with Gasteiger partial charge in [-0.3, -0.25) is 14.9 Å². The van der Waals surface area contributed by atoms with Crippen LogP contribution in [0.15, 0.2) is 16.5 Å². The SMILES string of the molecule is N#CCN(C(=O)c1ccc([N+](=O)[O-])o1)C1CC1. The number of carbonyl (C=O) groups is 1. The molecule has 1 aromatic rings. The quantitative estimate of drug-likeness (QED) is 0.445. The molecule has 1 aromatic heterocycles. The van der Waals surface area contributed by atoms with Crippen LogP contribution in [0.2, 0.25) is 0 Å². The summed E-state index contributed by atoms with van der Waals surface area (Å²) in [6.07, 6.45) is 1.71. The van der Waals surface area contributed by atoms with Crippen molar-refractivity contribution in [2.75, 3.05) is 6.54 Å². The topological polar surface area (TPSA) is 100 Å². The van der Waals surface area contributed by atoms with Gasteiger partial charge in [-0.05, 0) is 18.9 Å². The number of nitriles is 1. The lowest BCUT2D eigenvalue weighted by molar-refractivity contribution is -0.402. The van der Waals surface area contributed by atoms with Crippen LogP contribution in [0.5, 0.6) is 0 Å². The van der Waals surface area contributed by atoms with Crippen LogP contribution >= 0.6 is 0 Å². The van der Waals surface area contributed by atoms with Crippen molar-refractivity contribution in [3.8, 4) is 6.07 Å². The molecule has 0 N–H and O–H groups in total. The summed E-state index contributed by atoms with van der Waals surface area (Å²) in [4.78, 5) is 23.0. The molecule has 7 heteroatoms. The third kappa shape index (κ3) is 2.25. The Morgan fingerprint density at radius 3 is 2.82 bits per heavy atom. The second kappa shape index (κ2) is 4.25. The van der Waals surface area contributed by atoms with Crippen LogP contribution in [0.25, 0.3) is 0 Å².